The van der Waals surface area contributed by atoms with Crippen molar-refractivity contribution in [3.8, 4) is 11.5 Å². The van der Waals surface area contributed by atoms with E-state index in [0.29, 0.717) is 12.5 Å². The third-order valence-corrected chi connectivity index (χ3v) is 2.19. The number of nitrogens with one attached hydrogen (secondary N) is 1. The van der Waals surface area contributed by atoms with Crippen LogP contribution in [0.3, 0.4) is 0 Å². The van der Waals surface area contributed by atoms with Crippen molar-refractivity contribution >= 4 is 29.9 Å². The fraction of sp³-hybridized carbons (Fsp3) is 0.417. The summed E-state index contributed by atoms with van der Waals surface area (Å²) in [6, 6.07) is 7.48. The summed E-state index contributed by atoms with van der Waals surface area (Å²) >= 11 is 0. The van der Waals surface area contributed by atoms with Crippen LogP contribution in [0.4, 0.5) is 0 Å². The van der Waals surface area contributed by atoms with Crippen molar-refractivity contribution in [1.82, 2.24) is 5.32 Å². The molecule has 0 bridgehead atoms. The van der Waals surface area contributed by atoms with E-state index in [1.165, 1.54) is 0 Å². The first-order valence-corrected chi connectivity index (χ1v) is 5.42. The molecule has 1 aromatic rings. The van der Waals surface area contributed by atoms with E-state index in [2.05, 4.69) is 10.3 Å². The van der Waals surface area contributed by atoms with Crippen LogP contribution in [-0.2, 0) is 0 Å². The van der Waals surface area contributed by atoms with E-state index in [1.807, 2.05) is 31.2 Å². The fourth-order valence-electron chi connectivity index (χ4n) is 1.28. The van der Waals surface area contributed by atoms with Crippen molar-refractivity contribution in [3.05, 3.63) is 24.3 Å². The number of hydrogen-bond acceptors (Lipinski definition) is 3. The molecule has 18 heavy (non-hydrogen) atoms. The molecule has 0 amide bonds. The summed E-state index contributed by atoms with van der Waals surface area (Å²) in [6.45, 7) is 2.55. The van der Waals surface area contributed by atoms with Gasteiger partial charge in [-0.05, 0) is 19.1 Å². The van der Waals surface area contributed by atoms with E-state index in [9.17, 15) is 0 Å². The lowest BCUT2D eigenvalue weighted by Crippen LogP contribution is -2.38. The average Bonchev–Trinajstić information content (AvgIpc) is 2.36. The van der Waals surface area contributed by atoms with Gasteiger partial charge in [-0.25, -0.2) is 0 Å². The van der Waals surface area contributed by atoms with Crippen LogP contribution in [0.1, 0.15) is 6.92 Å². The van der Waals surface area contributed by atoms with E-state index < -0.39 is 0 Å². The molecule has 0 aliphatic heterocycles. The Bertz CT molecular complexity index is 385. The van der Waals surface area contributed by atoms with Gasteiger partial charge in [-0.15, -0.1) is 24.0 Å². The Morgan fingerprint density at radius 2 is 2.11 bits per heavy atom. The van der Waals surface area contributed by atoms with Crippen molar-refractivity contribution in [2.24, 2.45) is 10.7 Å². The fourth-order valence-corrected chi connectivity index (χ4v) is 1.28. The summed E-state index contributed by atoms with van der Waals surface area (Å²) in [5.74, 6) is 1.95. The molecular formula is C12H20IN3O2. The molecule has 0 aliphatic carbocycles. The number of methoxy groups -OCH3 is 1. The van der Waals surface area contributed by atoms with Crippen molar-refractivity contribution in [1.29, 1.82) is 0 Å². The Morgan fingerprint density at radius 1 is 1.44 bits per heavy atom. The van der Waals surface area contributed by atoms with Crippen LogP contribution in [0.5, 0.6) is 11.5 Å². The van der Waals surface area contributed by atoms with Gasteiger partial charge in [0.05, 0.1) is 13.7 Å². The third kappa shape index (κ3) is 5.95. The summed E-state index contributed by atoms with van der Waals surface area (Å²) in [7, 11) is 3.26. The van der Waals surface area contributed by atoms with Crippen molar-refractivity contribution in [2.75, 3.05) is 20.7 Å². The van der Waals surface area contributed by atoms with Gasteiger partial charge < -0.3 is 20.5 Å². The number of nitrogens with zero attached hydrogens (tertiary/aromatic N) is 1. The van der Waals surface area contributed by atoms with E-state index in [0.717, 1.165) is 11.5 Å². The quantitative estimate of drug-likeness (QED) is 0.473. The first-order valence-electron chi connectivity index (χ1n) is 5.42. The molecule has 1 atom stereocenters. The number of aliphatic imine (C=N–C) groups is 1. The van der Waals surface area contributed by atoms with Gasteiger partial charge in [0.2, 0.25) is 0 Å². The summed E-state index contributed by atoms with van der Waals surface area (Å²) in [6.07, 6.45) is -0.0117. The van der Waals surface area contributed by atoms with E-state index in [4.69, 9.17) is 15.2 Å². The van der Waals surface area contributed by atoms with Crippen LogP contribution >= 0.6 is 24.0 Å². The second-order valence-corrected chi connectivity index (χ2v) is 3.60. The van der Waals surface area contributed by atoms with Gasteiger partial charge in [-0.3, -0.25) is 4.99 Å². The number of nitrogens with two attached hydrogens (primary N) is 1. The Kier molecular flexibility index (Phi) is 8.27. The monoisotopic (exact) mass is 365 g/mol. The Labute approximate surface area is 125 Å². The number of benzene rings is 1. The topological polar surface area (TPSA) is 68.9 Å². The van der Waals surface area contributed by atoms with Crippen LogP contribution in [-0.4, -0.2) is 32.8 Å². The zero-order valence-corrected chi connectivity index (χ0v) is 13.2. The summed E-state index contributed by atoms with van der Waals surface area (Å²) in [5, 5.41) is 2.95. The van der Waals surface area contributed by atoms with Crippen LogP contribution in [0, 0.1) is 0 Å². The first kappa shape index (κ1) is 16.8. The molecule has 1 aromatic carbocycles. The van der Waals surface area contributed by atoms with Gasteiger partial charge >= 0.3 is 0 Å². The van der Waals surface area contributed by atoms with Gasteiger partial charge in [-0.2, -0.15) is 0 Å². The molecule has 0 aromatic heterocycles. The summed E-state index contributed by atoms with van der Waals surface area (Å²) in [4.78, 5) is 3.80. The third-order valence-electron chi connectivity index (χ3n) is 2.19. The summed E-state index contributed by atoms with van der Waals surface area (Å²) in [5.41, 5.74) is 5.52. The minimum Gasteiger partial charge on any atom is -0.497 e. The zero-order valence-electron chi connectivity index (χ0n) is 10.8. The van der Waals surface area contributed by atoms with Crippen LogP contribution < -0.4 is 20.5 Å². The second-order valence-electron chi connectivity index (χ2n) is 3.60. The van der Waals surface area contributed by atoms with Crippen LogP contribution in [0.2, 0.25) is 0 Å². The lowest BCUT2D eigenvalue weighted by Gasteiger charge is -2.16. The lowest BCUT2D eigenvalue weighted by molar-refractivity contribution is 0.223. The zero-order chi connectivity index (χ0) is 12.7. The summed E-state index contributed by atoms with van der Waals surface area (Å²) < 4.78 is 10.8. The molecule has 5 nitrogen and oxygen atoms in total. The largest absolute Gasteiger partial charge is 0.497 e. The van der Waals surface area contributed by atoms with E-state index in [-0.39, 0.29) is 30.1 Å². The molecule has 0 aliphatic rings. The van der Waals surface area contributed by atoms with Gasteiger partial charge in [0.25, 0.3) is 0 Å². The Morgan fingerprint density at radius 3 is 2.72 bits per heavy atom. The normalized spacial score (nSPS) is 12.3. The first-order chi connectivity index (χ1) is 8.15. The predicted molar refractivity (Wildman–Crippen MR) is 84.0 cm³/mol. The highest BCUT2D eigenvalue weighted by molar-refractivity contribution is 14.0. The second kappa shape index (κ2) is 8.84. The van der Waals surface area contributed by atoms with Gasteiger partial charge in [-0.1, -0.05) is 6.07 Å². The molecule has 102 valence electrons. The van der Waals surface area contributed by atoms with Crippen molar-refractivity contribution in [3.63, 3.8) is 0 Å². The van der Waals surface area contributed by atoms with Gasteiger partial charge in [0.15, 0.2) is 5.96 Å². The van der Waals surface area contributed by atoms with E-state index in [1.54, 1.807) is 14.2 Å². The standard InChI is InChI=1S/C12H19N3O2.HI/c1-9(8-15-12(13)14-2)17-11-6-4-5-10(7-11)16-3;/h4-7,9H,8H2,1-3H3,(H3,13,14,15);1H. The molecule has 0 heterocycles. The molecule has 6 heteroatoms. The lowest BCUT2D eigenvalue weighted by atomic mass is 10.3. The van der Waals surface area contributed by atoms with E-state index >= 15 is 0 Å². The SMILES string of the molecule is CN=C(N)NCC(C)Oc1cccc(OC)c1.I. The minimum absolute atomic E-state index is 0. The minimum atomic E-state index is -0.0117. The van der Waals surface area contributed by atoms with Crippen molar-refractivity contribution < 1.29 is 9.47 Å². The van der Waals surface area contributed by atoms with Crippen LogP contribution in [0.25, 0.3) is 0 Å². The highest BCUT2D eigenvalue weighted by atomic mass is 127. The highest BCUT2D eigenvalue weighted by Crippen LogP contribution is 2.19. The average molecular weight is 365 g/mol. The van der Waals surface area contributed by atoms with Gasteiger partial charge in [0.1, 0.15) is 17.6 Å². The maximum Gasteiger partial charge on any atom is 0.188 e. The number of guanidine groups is 1. The highest BCUT2D eigenvalue weighted by Gasteiger charge is 2.04. The predicted octanol–water partition coefficient (Wildman–Crippen LogP) is 1.61. The Hall–Kier alpha value is -1.18. The molecule has 1 rings (SSSR count). The molecule has 0 radical (unpaired) electrons. The molecular weight excluding hydrogens is 345 g/mol. The number of hydrogen-bond donors (Lipinski definition) is 2. The maximum absolute atomic E-state index is 5.70. The number of halogens is 1. The van der Waals surface area contributed by atoms with Crippen molar-refractivity contribution in [2.45, 2.75) is 13.0 Å². The molecule has 0 fully saturated rings. The molecule has 3 N–H and O–H groups in total. The molecule has 0 spiro atoms. The molecule has 1 unspecified atom stereocenters. The van der Waals surface area contributed by atoms with Crippen LogP contribution in [0.15, 0.2) is 29.3 Å². The Balaban J connectivity index is 0.00000289. The number of rotatable bonds is 5. The molecule has 0 saturated carbocycles. The smallest absolute Gasteiger partial charge is 0.188 e. The molecule has 0 saturated heterocycles. The maximum atomic E-state index is 5.70. The number of ether oxygens (including phenoxy) is 2. The van der Waals surface area contributed by atoms with Gasteiger partial charge in [0, 0.05) is 13.1 Å².